The van der Waals surface area contributed by atoms with E-state index in [0.29, 0.717) is 18.2 Å². The maximum atomic E-state index is 14.7. The molecule has 3 aliphatic heterocycles. The standard InChI is InChI=1S/C29H25F2N7O7/c30-14-8-9-16(17(31)11-14)28-44-20-21(25(39)37-10-4-7-18(37)27(40)41)43-26(22(20)45-28)38-13-34-19-23(32-12-33-24(19)38)36-29(42)35-15-5-2-1-3-6-15/h1-3,5-6,8-9,11-13,18,20-22,26,28H,4,7,10H2,(H,40,41)(H2,32,33,35,36,42)/t18?,20?,21-,22?,26?,28?/m0/s1. The lowest BCUT2D eigenvalue weighted by Crippen LogP contribution is -2.49. The third kappa shape index (κ3) is 5.22. The molecule has 0 bridgehead atoms. The number of urea groups is 1. The minimum absolute atomic E-state index is 0.0885. The largest absolute Gasteiger partial charge is 0.480 e. The van der Waals surface area contributed by atoms with Crippen LogP contribution in [0.25, 0.3) is 11.2 Å². The van der Waals surface area contributed by atoms with E-state index >= 15 is 0 Å². The number of hydrogen-bond acceptors (Lipinski definition) is 9. The summed E-state index contributed by atoms with van der Waals surface area (Å²) in [7, 11) is 0. The van der Waals surface area contributed by atoms with E-state index < -0.39 is 66.4 Å². The van der Waals surface area contributed by atoms with Crippen molar-refractivity contribution in [3.63, 3.8) is 0 Å². The number of likely N-dealkylation sites (tertiary alicyclic amines) is 1. The molecule has 4 aromatic rings. The average Bonchev–Trinajstić information content (AvgIpc) is 3.81. The molecule has 3 aliphatic rings. The van der Waals surface area contributed by atoms with Gasteiger partial charge in [-0.1, -0.05) is 18.2 Å². The van der Waals surface area contributed by atoms with Gasteiger partial charge in [0.1, 0.15) is 36.2 Å². The average molecular weight is 622 g/mol. The van der Waals surface area contributed by atoms with Gasteiger partial charge in [-0.3, -0.25) is 14.7 Å². The number of fused-ring (bicyclic) bond motifs is 2. The number of nitrogens with zero attached hydrogens (tertiary/aromatic N) is 5. The molecule has 16 heteroatoms. The van der Waals surface area contributed by atoms with Crippen molar-refractivity contribution in [1.82, 2.24) is 24.4 Å². The van der Waals surface area contributed by atoms with Crippen molar-refractivity contribution >= 4 is 40.6 Å². The lowest BCUT2D eigenvalue weighted by molar-refractivity contribution is -0.172. The Morgan fingerprint density at radius 2 is 1.76 bits per heavy atom. The number of para-hydroxylation sites is 1. The summed E-state index contributed by atoms with van der Waals surface area (Å²) in [4.78, 5) is 52.3. The molecule has 232 valence electrons. The molecule has 2 aromatic heterocycles. The van der Waals surface area contributed by atoms with E-state index in [-0.39, 0.29) is 35.5 Å². The molecule has 7 rings (SSSR count). The molecule has 3 N–H and O–H groups in total. The van der Waals surface area contributed by atoms with Crippen LogP contribution in [0.15, 0.2) is 61.2 Å². The smallest absolute Gasteiger partial charge is 0.326 e. The van der Waals surface area contributed by atoms with Gasteiger partial charge >= 0.3 is 12.0 Å². The number of hydrogen-bond donors (Lipinski definition) is 3. The Kier molecular flexibility index (Phi) is 7.31. The van der Waals surface area contributed by atoms with E-state index in [1.807, 2.05) is 6.07 Å². The van der Waals surface area contributed by atoms with Crippen LogP contribution >= 0.6 is 0 Å². The van der Waals surface area contributed by atoms with E-state index in [0.717, 1.165) is 6.07 Å². The maximum absolute atomic E-state index is 14.7. The van der Waals surface area contributed by atoms with Crippen molar-refractivity contribution < 1.29 is 42.5 Å². The van der Waals surface area contributed by atoms with Gasteiger partial charge in [0.05, 0.1) is 6.33 Å². The molecule has 2 aromatic carbocycles. The molecule has 0 aliphatic carbocycles. The number of aliphatic carboxylic acids is 1. The molecule has 3 saturated heterocycles. The highest BCUT2D eigenvalue weighted by Crippen LogP contribution is 2.46. The van der Waals surface area contributed by atoms with Crippen LogP contribution in [0, 0.1) is 11.6 Å². The summed E-state index contributed by atoms with van der Waals surface area (Å²) >= 11 is 0. The van der Waals surface area contributed by atoms with Gasteiger partial charge in [0.2, 0.25) is 0 Å². The lowest BCUT2D eigenvalue weighted by atomic mass is 10.1. The zero-order chi connectivity index (χ0) is 31.2. The van der Waals surface area contributed by atoms with Crippen molar-refractivity contribution in [2.24, 2.45) is 0 Å². The fraction of sp³-hybridized carbons (Fsp3) is 0.310. The van der Waals surface area contributed by atoms with Crippen molar-refractivity contribution in [3.8, 4) is 0 Å². The summed E-state index contributed by atoms with van der Waals surface area (Å²) in [5.41, 5.74) is 0.872. The molecule has 14 nitrogen and oxygen atoms in total. The van der Waals surface area contributed by atoms with Gasteiger partial charge in [-0.25, -0.2) is 33.3 Å². The first kappa shape index (κ1) is 28.7. The summed E-state index contributed by atoms with van der Waals surface area (Å²) in [6.45, 7) is 0.204. The second-order valence-electron chi connectivity index (χ2n) is 10.7. The Bertz CT molecular complexity index is 1790. The highest BCUT2D eigenvalue weighted by atomic mass is 19.1. The predicted molar refractivity (Wildman–Crippen MR) is 150 cm³/mol. The molecule has 3 fully saturated rings. The first-order chi connectivity index (χ1) is 21.8. The number of ether oxygens (including phenoxy) is 3. The maximum Gasteiger partial charge on any atom is 0.326 e. The fourth-order valence-corrected chi connectivity index (χ4v) is 5.88. The van der Waals surface area contributed by atoms with E-state index in [4.69, 9.17) is 14.2 Å². The number of benzene rings is 2. The number of aromatic nitrogens is 4. The number of carboxylic acid groups (broad SMARTS) is 1. The van der Waals surface area contributed by atoms with Gasteiger partial charge in [-0.2, -0.15) is 0 Å². The van der Waals surface area contributed by atoms with Crippen LogP contribution in [-0.2, 0) is 23.8 Å². The monoisotopic (exact) mass is 621 g/mol. The van der Waals surface area contributed by atoms with Crippen LogP contribution in [0.1, 0.15) is 30.9 Å². The lowest BCUT2D eigenvalue weighted by Gasteiger charge is -2.27. The van der Waals surface area contributed by atoms with Crippen molar-refractivity contribution in [2.45, 2.75) is 49.7 Å². The molecular weight excluding hydrogens is 596 g/mol. The van der Waals surface area contributed by atoms with Crippen LogP contribution in [0.4, 0.5) is 25.1 Å². The number of rotatable bonds is 6. The molecule has 5 heterocycles. The van der Waals surface area contributed by atoms with Crippen molar-refractivity contribution in [2.75, 3.05) is 17.2 Å². The minimum Gasteiger partial charge on any atom is -0.480 e. The summed E-state index contributed by atoms with van der Waals surface area (Å²) < 4.78 is 48.1. The number of imidazole rings is 1. The Balaban J connectivity index is 1.20. The van der Waals surface area contributed by atoms with E-state index in [1.54, 1.807) is 24.3 Å². The highest BCUT2D eigenvalue weighted by molar-refractivity contribution is 6.02. The number of carbonyl (C=O) groups excluding carboxylic acids is 2. The summed E-state index contributed by atoms with van der Waals surface area (Å²) in [5.74, 6) is -3.37. The predicted octanol–water partition coefficient (Wildman–Crippen LogP) is 3.20. The van der Waals surface area contributed by atoms with Crippen molar-refractivity contribution in [1.29, 1.82) is 0 Å². The van der Waals surface area contributed by atoms with Crippen LogP contribution in [0.5, 0.6) is 0 Å². The van der Waals surface area contributed by atoms with Crippen LogP contribution in [0.2, 0.25) is 0 Å². The fourth-order valence-electron chi connectivity index (χ4n) is 5.88. The molecular formula is C29H25F2N7O7. The van der Waals surface area contributed by atoms with Gasteiger partial charge in [-0.15, -0.1) is 0 Å². The van der Waals surface area contributed by atoms with E-state index in [9.17, 15) is 28.3 Å². The van der Waals surface area contributed by atoms with E-state index in [2.05, 4.69) is 25.6 Å². The number of carbonyl (C=O) groups is 3. The van der Waals surface area contributed by atoms with E-state index in [1.165, 1.54) is 28.2 Å². The summed E-state index contributed by atoms with van der Waals surface area (Å²) in [6.07, 6.45) is -2.54. The minimum atomic E-state index is -1.33. The van der Waals surface area contributed by atoms with Crippen LogP contribution < -0.4 is 10.6 Å². The molecule has 5 unspecified atom stereocenters. The summed E-state index contributed by atoms with van der Waals surface area (Å²) in [6, 6.07) is 10.1. The first-order valence-electron chi connectivity index (χ1n) is 14.0. The number of carboxylic acids is 1. The Hall–Kier alpha value is -5.06. The molecule has 6 atom stereocenters. The normalized spacial score (nSPS) is 25.8. The van der Waals surface area contributed by atoms with Gasteiger partial charge < -0.3 is 29.5 Å². The Morgan fingerprint density at radius 1 is 0.956 bits per heavy atom. The number of halogens is 2. The quantitative estimate of drug-likeness (QED) is 0.291. The zero-order valence-electron chi connectivity index (χ0n) is 23.2. The Labute approximate surface area is 252 Å². The number of anilines is 2. The first-order valence-corrected chi connectivity index (χ1v) is 14.0. The third-order valence-corrected chi connectivity index (χ3v) is 7.93. The molecule has 0 radical (unpaired) electrons. The van der Waals surface area contributed by atoms with Gasteiger partial charge in [-0.05, 0) is 37.1 Å². The zero-order valence-corrected chi connectivity index (χ0v) is 23.2. The van der Waals surface area contributed by atoms with Gasteiger partial charge in [0, 0.05) is 23.9 Å². The third-order valence-electron chi connectivity index (χ3n) is 7.93. The molecule has 0 spiro atoms. The van der Waals surface area contributed by atoms with Crippen LogP contribution in [-0.4, -0.2) is 78.3 Å². The van der Waals surface area contributed by atoms with Crippen LogP contribution in [0.3, 0.4) is 0 Å². The van der Waals surface area contributed by atoms with Gasteiger partial charge in [0.15, 0.2) is 35.6 Å². The topological polar surface area (TPSA) is 170 Å². The molecule has 3 amide bonds. The Morgan fingerprint density at radius 3 is 2.53 bits per heavy atom. The highest BCUT2D eigenvalue weighted by Gasteiger charge is 2.58. The van der Waals surface area contributed by atoms with Gasteiger partial charge in [0.25, 0.3) is 5.91 Å². The summed E-state index contributed by atoms with van der Waals surface area (Å²) in [5, 5.41) is 15.0. The molecule has 45 heavy (non-hydrogen) atoms. The van der Waals surface area contributed by atoms with Crippen molar-refractivity contribution in [3.05, 3.63) is 78.4 Å². The second kappa shape index (κ2) is 11.5. The number of nitrogens with one attached hydrogen (secondary N) is 2. The second-order valence-corrected chi connectivity index (χ2v) is 10.7. The SMILES string of the molecule is O=C(Nc1ccccc1)Nc1ncnc2c1ncn2C1O[C@H](C(=O)N2CCCC2C(=O)O)C2OC(c3ccc(F)cc3F)OC21. The number of amides is 3. The molecule has 0 saturated carbocycles.